The minimum atomic E-state index is -0.631. The van der Waals surface area contributed by atoms with Crippen molar-refractivity contribution in [2.75, 3.05) is 5.88 Å². The molecule has 1 heterocycles. The molecular weight excluding hydrogens is 254 g/mol. The van der Waals surface area contributed by atoms with Crippen molar-refractivity contribution in [1.29, 1.82) is 0 Å². The highest BCUT2D eigenvalue weighted by Crippen LogP contribution is 2.26. The highest BCUT2D eigenvalue weighted by molar-refractivity contribution is 7.14. The molecule has 16 heavy (non-hydrogen) atoms. The third-order valence-corrected chi connectivity index (χ3v) is 3.14. The Labute approximate surface area is 99.9 Å². The van der Waals surface area contributed by atoms with Gasteiger partial charge in [0, 0.05) is 23.9 Å². The average Bonchev–Trinajstić information content (AvgIpc) is 2.67. The molecule has 0 atom stereocenters. The zero-order chi connectivity index (χ0) is 11.5. The van der Waals surface area contributed by atoms with Gasteiger partial charge >= 0.3 is 0 Å². The van der Waals surface area contributed by atoms with E-state index in [9.17, 15) is 8.78 Å². The van der Waals surface area contributed by atoms with Gasteiger partial charge in [-0.1, -0.05) is 11.3 Å². The SMILES string of the molecule is Fc1ccc(-c2nnc(CCCl)s2)c(F)c1. The molecule has 84 valence electrons. The highest BCUT2D eigenvalue weighted by Gasteiger charge is 2.11. The zero-order valence-corrected chi connectivity index (χ0v) is 9.66. The van der Waals surface area contributed by atoms with Gasteiger partial charge in [-0.25, -0.2) is 8.78 Å². The molecule has 0 saturated carbocycles. The van der Waals surface area contributed by atoms with Crippen molar-refractivity contribution in [3.8, 4) is 10.6 Å². The topological polar surface area (TPSA) is 25.8 Å². The van der Waals surface area contributed by atoms with Crippen molar-refractivity contribution in [3.63, 3.8) is 0 Å². The van der Waals surface area contributed by atoms with Crippen LogP contribution in [0.1, 0.15) is 5.01 Å². The molecule has 0 saturated heterocycles. The van der Waals surface area contributed by atoms with E-state index in [2.05, 4.69) is 10.2 Å². The summed E-state index contributed by atoms with van der Waals surface area (Å²) in [6, 6.07) is 3.38. The Morgan fingerprint density at radius 2 is 2.06 bits per heavy atom. The van der Waals surface area contributed by atoms with E-state index >= 15 is 0 Å². The van der Waals surface area contributed by atoms with Crippen LogP contribution in [0, 0.1) is 11.6 Å². The maximum Gasteiger partial charge on any atom is 0.150 e. The molecule has 0 unspecified atom stereocenters. The Hall–Kier alpha value is -1.07. The maximum absolute atomic E-state index is 13.4. The van der Waals surface area contributed by atoms with E-state index in [0.717, 1.165) is 11.1 Å². The Balaban J connectivity index is 2.35. The van der Waals surface area contributed by atoms with Gasteiger partial charge in [0.2, 0.25) is 0 Å². The Morgan fingerprint density at radius 1 is 1.25 bits per heavy atom. The number of aryl methyl sites for hydroxylation is 1. The van der Waals surface area contributed by atoms with Crippen LogP contribution in [0.4, 0.5) is 8.78 Å². The number of nitrogens with zero attached hydrogens (tertiary/aromatic N) is 2. The minimum Gasteiger partial charge on any atom is -0.207 e. The molecule has 2 nitrogen and oxygen atoms in total. The summed E-state index contributed by atoms with van der Waals surface area (Å²) in [5, 5.41) is 8.90. The molecule has 0 aliphatic carbocycles. The van der Waals surface area contributed by atoms with Gasteiger partial charge in [-0.2, -0.15) is 0 Å². The molecule has 0 aliphatic rings. The number of aromatic nitrogens is 2. The number of hydrogen-bond acceptors (Lipinski definition) is 3. The summed E-state index contributed by atoms with van der Waals surface area (Å²) in [4.78, 5) is 0. The minimum absolute atomic E-state index is 0.264. The number of halogens is 3. The van der Waals surface area contributed by atoms with Crippen LogP contribution in [0.2, 0.25) is 0 Å². The van der Waals surface area contributed by atoms with Gasteiger partial charge in [0.1, 0.15) is 16.6 Å². The second-order valence-electron chi connectivity index (χ2n) is 3.06. The molecule has 0 spiro atoms. The van der Waals surface area contributed by atoms with Crippen LogP contribution >= 0.6 is 22.9 Å². The second-order valence-corrected chi connectivity index (χ2v) is 4.50. The lowest BCUT2D eigenvalue weighted by Gasteiger charge is -1.97. The third-order valence-electron chi connectivity index (χ3n) is 1.94. The summed E-state index contributed by atoms with van der Waals surface area (Å²) < 4.78 is 26.1. The number of hydrogen-bond donors (Lipinski definition) is 0. The van der Waals surface area contributed by atoms with Crippen LogP contribution < -0.4 is 0 Å². The van der Waals surface area contributed by atoms with Crippen LogP contribution in [0.15, 0.2) is 18.2 Å². The number of benzene rings is 1. The van der Waals surface area contributed by atoms with Crippen molar-refractivity contribution < 1.29 is 8.78 Å². The van der Waals surface area contributed by atoms with Crippen molar-refractivity contribution >= 4 is 22.9 Å². The van der Waals surface area contributed by atoms with Crippen LogP contribution in [0.5, 0.6) is 0 Å². The monoisotopic (exact) mass is 260 g/mol. The summed E-state index contributed by atoms with van der Waals surface area (Å²) in [5.41, 5.74) is 0.264. The smallest absolute Gasteiger partial charge is 0.150 e. The lowest BCUT2D eigenvalue weighted by molar-refractivity contribution is 0.585. The average molecular weight is 261 g/mol. The fourth-order valence-corrected chi connectivity index (χ4v) is 2.36. The van der Waals surface area contributed by atoms with E-state index in [0.29, 0.717) is 17.3 Å². The molecule has 0 radical (unpaired) electrons. The summed E-state index contributed by atoms with van der Waals surface area (Å²) in [7, 11) is 0. The molecule has 0 bridgehead atoms. The predicted octanol–water partition coefficient (Wildman–Crippen LogP) is 3.26. The number of rotatable bonds is 3. The van der Waals surface area contributed by atoms with E-state index < -0.39 is 11.6 Å². The highest BCUT2D eigenvalue weighted by atomic mass is 35.5. The first-order valence-electron chi connectivity index (χ1n) is 4.54. The van der Waals surface area contributed by atoms with Gasteiger partial charge in [-0.3, -0.25) is 0 Å². The van der Waals surface area contributed by atoms with E-state index in [1.54, 1.807) is 0 Å². The van der Waals surface area contributed by atoms with Gasteiger partial charge in [0.25, 0.3) is 0 Å². The van der Waals surface area contributed by atoms with Crippen molar-refractivity contribution in [3.05, 3.63) is 34.8 Å². The molecule has 1 aromatic carbocycles. The lowest BCUT2D eigenvalue weighted by Crippen LogP contribution is -1.85. The van der Waals surface area contributed by atoms with Crippen molar-refractivity contribution in [1.82, 2.24) is 10.2 Å². The van der Waals surface area contributed by atoms with Gasteiger partial charge in [-0.05, 0) is 12.1 Å². The van der Waals surface area contributed by atoms with E-state index in [1.807, 2.05) is 0 Å². The molecule has 0 fully saturated rings. The van der Waals surface area contributed by atoms with Crippen LogP contribution in [0.3, 0.4) is 0 Å². The molecular formula is C10H7ClF2N2S. The maximum atomic E-state index is 13.4. The third kappa shape index (κ3) is 2.36. The standard InChI is InChI=1S/C10H7ClF2N2S/c11-4-3-9-14-15-10(16-9)7-2-1-6(12)5-8(7)13/h1-2,5H,3-4H2. The molecule has 2 aromatic rings. The molecule has 2 rings (SSSR count). The van der Waals surface area contributed by atoms with Crippen LogP contribution in [0.25, 0.3) is 10.6 Å². The van der Waals surface area contributed by atoms with Gasteiger partial charge in [0.05, 0.1) is 0 Å². The van der Waals surface area contributed by atoms with Crippen LogP contribution in [-0.2, 0) is 6.42 Å². The van der Waals surface area contributed by atoms with Crippen molar-refractivity contribution in [2.24, 2.45) is 0 Å². The summed E-state index contributed by atoms with van der Waals surface area (Å²) in [6.45, 7) is 0. The fraction of sp³-hybridized carbons (Fsp3) is 0.200. The summed E-state index contributed by atoms with van der Waals surface area (Å²) in [6.07, 6.45) is 0.599. The van der Waals surface area contributed by atoms with E-state index in [4.69, 9.17) is 11.6 Å². The largest absolute Gasteiger partial charge is 0.207 e. The van der Waals surface area contributed by atoms with E-state index in [-0.39, 0.29) is 5.56 Å². The predicted molar refractivity (Wildman–Crippen MR) is 59.7 cm³/mol. The molecule has 0 N–H and O–H groups in total. The summed E-state index contributed by atoms with van der Waals surface area (Å²) >= 11 is 6.82. The second kappa shape index (κ2) is 4.84. The molecule has 1 aromatic heterocycles. The Morgan fingerprint density at radius 3 is 2.75 bits per heavy atom. The Kier molecular flexibility index (Phi) is 3.46. The number of alkyl halides is 1. The quantitative estimate of drug-likeness (QED) is 0.792. The fourth-order valence-electron chi connectivity index (χ4n) is 1.21. The molecule has 0 amide bonds. The molecule has 6 heteroatoms. The first-order chi connectivity index (χ1) is 7.70. The Bertz CT molecular complexity index is 501. The van der Waals surface area contributed by atoms with Gasteiger partial charge in [-0.15, -0.1) is 21.8 Å². The first-order valence-corrected chi connectivity index (χ1v) is 5.89. The zero-order valence-electron chi connectivity index (χ0n) is 8.08. The normalized spacial score (nSPS) is 10.7. The van der Waals surface area contributed by atoms with Gasteiger partial charge < -0.3 is 0 Å². The van der Waals surface area contributed by atoms with Crippen LogP contribution in [-0.4, -0.2) is 16.1 Å². The first kappa shape index (κ1) is 11.4. The van der Waals surface area contributed by atoms with Gasteiger partial charge in [0.15, 0.2) is 5.01 Å². The van der Waals surface area contributed by atoms with E-state index in [1.165, 1.54) is 23.5 Å². The molecule has 0 aliphatic heterocycles. The lowest BCUT2D eigenvalue weighted by atomic mass is 10.2. The summed E-state index contributed by atoms with van der Waals surface area (Å²) in [5.74, 6) is -0.791. The van der Waals surface area contributed by atoms with Crippen molar-refractivity contribution in [2.45, 2.75) is 6.42 Å².